The Morgan fingerprint density at radius 1 is 0.938 bits per heavy atom. The predicted octanol–water partition coefficient (Wildman–Crippen LogP) is 3.86. The van der Waals surface area contributed by atoms with E-state index in [1.807, 2.05) is 40.1 Å². The second kappa shape index (κ2) is 9.94. The quantitative estimate of drug-likeness (QED) is 0.771. The van der Waals surface area contributed by atoms with Crippen LogP contribution in [0.2, 0.25) is 0 Å². The lowest BCUT2D eigenvalue weighted by atomic mass is 10.0. The van der Waals surface area contributed by atoms with Crippen LogP contribution >= 0.6 is 0 Å². The molecule has 2 fully saturated rings. The normalized spacial score (nSPS) is 19.0. The van der Waals surface area contributed by atoms with Crippen LogP contribution in [0.4, 0.5) is 4.79 Å². The van der Waals surface area contributed by atoms with Crippen LogP contribution in [-0.2, 0) is 0 Å². The molecule has 1 aliphatic heterocycles. The van der Waals surface area contributed by atoms with Crippen molar-refractivity contribution < 1.29 is 19.1 Å². The summed E-state index contributed by atoms with van der Waals surface area (Å²) < 4.78 is 10.7. The molecule has 1 saturated heterocycles. The van der Waals surface area contributed by atoms with Crippen molar-refractivity contribution >= 4 is 11.9 Å². The van der Waals surface area contributed by atoms with Gasteiger partial charge in [-0.3, -0.25) is 4.79 Å². The van der Waals surface area contributed by atoms with E-state index < -0.39 is 0 Å². The summed E-state index contributed by atoms with van der Waals surface area (Å²) >= 11 is 0. The van der Waals surface area contributed by atoms with Gasteiger partial charge in [0.05, 0.1) is 20.3 Å². The number of benzene rings is 2. The number of nitrogens with one attached hydrogen (secondary N) is 1. The fourth-order valence-corrected chi connectivity index (χ4v) is 4.64. The molecule has 32 heavy (non-hydrogen) atoms. The van der Waals surface area contributed by atoms with Crippen molar-refractivity contribution in [2.75, 3.05) is 33.9 Å². The van der Waals surface area contributed by atoms with Gasteiger partial charge >= 0.3 is 6.03 Å². The van der Waals surface area contributed by atoms with E-state index in [1.54, 1.807) is 32.4 Å². The van der Waals surface area contributed by atoms with E-state index in [0.717, 1.165) is 18.4 Å². The van der Waals surface area contributed by atoms with Crippen molar-refractivity contribution in [1.29, 1.82) is 0 Å². The van der Waals surface area contributed by atoms with Crippen molar-refractivity contribution in [3.8, 4) is 11.5 Å². The Morgan fingerprint density at radius 2 is 1.66 bits per heavy atom. The number of hydrogen-bond donors (Lipinski definition) is 1. The van der Waals surface area contributed by atoms with E-state index in [9.17, 15) is 9.59 Å². The number of rotatable bonds is 5. The van der Waals surface area contributed by atoms with Gasteiger partial charge in [0.25, 0.3) is 5.91 Å². The highest BCUT2D eigenvalue weighted by atomic mass is 16.5. The summed E-state index contributed by atoms with van der Waals surface area (Å²) in [6.07, 6.45) is 4.44. The SMILES string of the molecule is COc1ccc(C(=O)N2CCN(C(=O)NC3CCCC3)CC2c2ccccc2)cc1OC. The summed E-state index contributed by atoms with van der Waals surface area (Å²) in [5.41, 5.74) is 1.55. The molecule has 1 N–H and O–H groups in total. The van der Waals surface area contributed by atoms with Crippen LogP contribution in [0.5, 0.6) is 11.5 Å². The molecule has 3 amide bonds. The molecular weight excluding hydrogens is 406 g/mol. The molecule has 2 aromatic rings. The molecule has 7 heteroatoms. The summed E-state index contributed by atoms with van der Waals surface area (Å²) in [6, 6.07) is 15.1. The first-order valence-electron chi connectivity index (χ1n) is 11.2. The van der Waals surface area contributed by atoms with Crippen LogP contribution in [0.3, 0.4) is 0 Å². The van der Waals surface area contributed by atoms with Gasteiger partial charge in [0.1, 0.15) is 0 Å². The summed E-state index contributed by atoms with van der Waals surface area (Å²) in [5.74, 6) is 1.01. The predicted molar refractivity (Wildman–Crippen MR) is 122 cm³/mol. The van der Waals surface area contributed by atoms with Crippen molar-refractivity contribution in [2.24, 2.45) is 0 Å². The van der Waals surface area contributed by atoms with Gasteiger partial charge in [-0.25, -0.2) is 4.79 Å². The maximum Gasteiger partial charge on any atom is 0.317 e. The van der Waals surface area contributed by atoms with Crippen LogP contribution < -0.4 is 14.8 Å². The van der Waals surface area contributed by atoms with Crippen molar-refractivity contribution in [3.05, 3.63) is 59.7 Å². The Bertz CT molecular complexity index is 943. The zero-order valence-electron chi connectivity index (χ0n) is 18.8. The average molecular weight is 438 g/mol. The first-order chi connectivity index (χ1) is 15.6. The number of amides is 3. The van der Waals surface area contributed by atoms with E-state index in [0.29, 0.717) is 36.7 Å². The molecule has 0 aromatic heterocycles. The Kier molecular flexibility index (Phi) is 6.83. The lowest BCUT2D eigenvalue weighted by Gasteiger charge is -2.42. The molecule has 170 valence electrons. The Labute approximate surface area is 189 Å². The van der Waals surface area contributed by atoms with Gasteiger partial charge in [-0.15, -0.1) is 0 Å². The highest BCUT2D eigenvalue weighted by Crippen LogP contribution is 2.31. The van der Waals surface area contributed by atoms with Gasteiger partial charge in [-0.2, -0.15) is 0 Å². The second-order valence-corrected chi connectivity index (χ2v) is 8.37. The topological polar surface area (TPSA) is 71.1 Å². The number of urea groups is 1. The van der Waals surface area contributed by atoms with Crippen molar-refractivity contribution in [1.82, 2.24) is 15.1 Å². The van der Waals surface area contributed by atoms with Crippen LogP contribution in [0.25, 0.3) is 0 Å². The highest BCUT2D eigenvalue weighted by molar-refractivity contribution is 5.95. The highest BCUT2D eigenvalue weighted by Gasteiger charge is 2.35. The number of nitrogens with zero attached hydrogens (tertiary/aromatic N) is 2. The molecule has 4 rings (SSSR count). The molecule has 0 radical (unpaired) electrons. The van der Waals surface area contributed by atoms with Crippen LogP contribution in [0.1, 0.15) is 47.6 Å². The number of carbonyl (C=O) groups is 2. The third-order valence-electron chi connectivity index (χ3n) is 6.43. The molecular formula is C25H31N3O4. The van der Waals surface area contributed by atoms with Gasteiger partial charge < -0.3 is 24.6 Å². The number of carbonyl (C=O) groups excluding carboxylic acids is 2. The average Bonchev–Trinajstić information content (AvgIpc) is 3.36. The molecule has 0 spiro atoms. The minimum Gasteiger partial charge on any atom is -0.493 e. The first-order valence-corrected chi connectivity index (χ1v) is 11.2. The first kappa shape index (κ1) is 22.0. The van der Waals surface area contributed by atoms with E-state index in [2.05, 4.69) is 5.32 Å². The Hall–Kier alpha value is -3.22. The number of methoxy groups -OCH3 is 2. The Morgan fingerprint density at radius 3 is 2.34 bits per heavy atom. The molecule has 1 aliphatic carbocycles. The fourth-order valence-electron chi connectivity index (χ4n) is 4.64. The van der Waals surface area contributed by atoms with E-state index in [-0.39, 0.29) is 24.0 Å². The van der Waals surface area contributed by atoms with Crippen molar-refractivity contribution in [2.45, 2.75) is 37.8 Å². The van der Waals surface area contributed by atoms with Crippen molar-refractivity contribution in [3.63, 3.8) is 0 Å². The summed E-state index contributed by atoms with van der Waals surface area (Å²) in [7, 11) is 3.13. The monoisotopic (exact) mass is 437 g/mol. The van der Waals surface area contributed by atoms with Gasteiger partial charge in [0.2, 0.25) is 0 Å². The maximum absolute atomic E-state index is 13.5. The zero-order valence-corrected chi connectivity index (χ0v) is 18.8. The second-order valence-electron chi connectivity index (χ2n) is 8.37. The summed E-state index contributed by atoms with van der Waals surface area (Å²) in [6.45, 7) is 1.42. The molecule has 7 nitrogen and oxygen atoms in total. The largest absolute Gasteiger partial charge is 0.493 e. The van der Waals surface area contributed by atoms with Gasteiger partial charge in [0.15, 0.2) is 11.5 Å². The molecule has 1 atom stereocenters. The minimum atomic E-state index is -0.222. The molecule has 0 bridgehead atoms. The lowest BCUT2D eigenvalue weighted by Crippen LogP contribution is -2.55. The van der Waals surface area contributed by atoms with Crippen LogP contribution in [0.15, 0.2) is 48.5 Å². The minimum absolute atomic E-state index is 0.0314. The lowest BCUT2D eigenvalue weighted by molar-refractivity contribution is 0.0503. The summed E-state index contributed by atoms with van der Waals surface area (Å²) in [5, 5.41) is 3.18. The number of hydrogen-bond acceptors (Lipinski definition) is 4. The molecule has 1 unspecified atom stereocenters. The number of piperazine rings is 1. The molecule has 2 aromatic carbocycles. The molecule has 1 saturated carbocycles. The van der Waals surface area contributed by atoms with E-state index in [1.165, 1.54) is 12.8 Å². The Balaban J connectivity index is 1.56. The standard InChI is InChI=1S/C25H31N3O4/c1-31-22-13-12-19(16-23(22)32-2)24(29)28-15-14-27(25(30)26-20-10-6-7-11-20)17-21(28)18-8-4-3-5-9-18/h3-5,8-9,12-13,16,20-21H,6-7,10-11,14-15,17H2,1-2H3,(H,26,30). The van der Waals surface area contributed by atoms with Gasteiger partial charge in [0, 0.05) is 31.2 Å². The molecule has 2 aliphatic rings. The number of ether oxygens (including phenoxy) is 2. The smallest absolute Gasteiger partial charge is 0.317 e. The van der Waals surface area contributed by atoms with Gasteiger partial charge in [-0.1, -0.05) is 43.2 Å². The maximum atomic E-state index is 13.5. The van der Waals surface area contributed by atoms with Crippen LogP contribution in [0, 0.1) is 0 Å². The van der Waals surface area contributed by atoms with E-state index >= 15 is 0 Å². The third-order valence-corrected chi connectivity index (χ3v) is 6.43. The van der Waals surface area contributed by atoms with Crippen LogP contribution in [-0.4, -0.2) is 61.6 Å². The zero-order chi connectivity index (χ0) is 22.5. The third kappa shape index (κ3) is 4.66. The van der Waals surface area contributed by atoms with Gasteiger partial charge in [-0.05, 0) is 36.6 Å². The van der Waals surface area contributed by atoms with E-state index in [4.69, 9.17) is 9.47 Å². The fraction of sp³-hybridized carbons (Fsp3) is 0.440. The molecule has 1 heterocycles. The summed E-state index contributed by atoms with van der Waals surface area (Å²) in [4.78, 5) is 30.1.